The number of Topliss-reactive ketones (excluding diaryl/α,β-unsaturated/α-hetero) is 1. The van der Waals surface area contributed by atoms with Crippen molar-refractivity contribution in [2.75, 3.05) is 26.7 Å². The molecule has 0 aromatic rings. The lowest BCUT2D eigenvalue weighted by atomic mass is 10.1. The summed E-state index contributed by atoms with van der Waals surface area (Å²) in [6, 6.07) is 0. The molecular weight excluding hydrogens is 261 g/mol. The minimum absolute atomic E-state index is 0.0756. The number of hydrogen-bond acceptors (Lipinski definition) is 3. The molecule has 0 unspecified atom stereocenters. The van der Waals surface area contributed by atoms with Crippen molar-refractivity contribution in [3.8, 4) is 0 Å². The van der Waals surface area contributed by atoms with Crippen LogP contribution in [0.1, 0.15) is 32.6 Å². The van der Waals surface area contributed by atoms with Crippen LogP contribution in [-0.2, 0) is 9.59 Å². The summed E-state index contributed by atoms with van der Waals surface area (Å²) < 4.78 is 35.7. The SMILES string of the molecule is CC(=O)NCCCN(C)CCCCC(=O)C(F)(F)F. The van der Waals surface area contributed by atoms with Crippen molar-refractivity contribution in [3.63, 3.8) is 0 Å². The number of hydrogen-bond donors (Lipinski definition) is 1. The lowest BCUT2D eigenvalue weighted by molar-refractivity contribution is -0.171. The number of alkyl halides is 3. The van der Waals surface area contributed by atoms with Gasteiger partial charge in [-0.05, 0) is 39.4 Å². The highest BCUT2D eigenvalue weighted by atomic mass is 19.4. The van der Waals surface area contributed by atoms with Gasteiger partial charge in [0.25, 0.3) is 0 Å². The molecule has 0 aromatic carbocycles. The first kappa shape index (κ1) is 17.9. The summed E-state index contributed by atoms with van der Waals surface area (Å²) in [4.78, 5) is 23.2. The van der Waals surface area contributed by atoms with Gasteiger partial charge in [-0.3, -0.25) is 9.59 Å². The van der Waals surface area contributed by atoms with E-state index in [0.717, 1.165) is 13.0 Å². The number of nitrogens with one attached hydrogen (secondary N) is 1. The Balaban J connectivity index is 3.51. The topological polar surface area (TPSA) is 49.4 Å². The van der Waals surface area contributed by atoms with E-state index in [9.17, 15) is 22.8 Å². The largest absolute Gasteiger partial charge is 0.449 e. The zero-order chi connectivity index (χ0) is 14.9. The van der Waals surface area contributed by atoms with Crippen LogP contribution < -0.4 is 5.32 Å². The van der Waals surface area contributed by atoms with Crippen LogP contribution in [0, 0.1) is 0 Å². The first-order chi connectivity index (χ1) is 8.73. The van der Waals surface area contributed by atoms with Crippen molar-refractivity contribution in [3.05, 3.63) is 0 Å². The van der Waals surface area contributed by atoms with Gasteiger partial charge >= 0.3 is 6.18 Å². The molecule has 0 saturated carbocycles. The molecule has 0 bridgehead atoms. The van der Waals surface area contributed by atoms with Gasteiger partial charge in [-0.1, -0.05) is 0 Å². The lowest BCUT2D eigenvalue weighted by Gasteiger charge is -2.16. The molecule has 0 rings (SSSR count). The van der Waals surface area contributed by atoms with Crippen LogP contribution >= 0.6 is 0 Å². The Hall–Kier alpha value is -1.11. The minimum atomic E-state index is -4.70. The number of carbonyl (C=O) groups excluding carboxylic acids is 2. The average Bonchev–Trinajstić information content (AvgIpc) is 2.28. The van der Waals surface area contributed by atoms with Gasteiger partial charge < -0.3 is 10.2 Å². The third kappa shape index (κ3) is 10.5. The standard InChI is InChI=1S/C12H21F3N2O2/c1-10(18)16-7-5-9-17(2)8-4-3-6-11(19)12(13,14)15/h3-9H2,1-2H3,(H,16,18). The van der Waals surface area contributed by atoms with E-state index in [1.807, 2.05) is 11.9 Å². The molecule has 0 aromatic heterocycles. The predicted molar refractivity (Wildman–Crippen MR) is 65.7 cm³/mol. The van der Waals surface area contributed by atoms with E-state index in [2.05, 4.69) is 5.32 Å². The summed E-state index contributed by atoms with van der Waals surface area (Å²) in [5.41, 5.74) is 0. The molecule has 7 heteroatoms. The van der Waals surface area contributed by atoms with Gasteiger partial charge in [0.1, 0.15) is 0 Å². The van der Waals surface area contributed by atoms with Crippen LogP contribution in [0.25, 0.3) is 0 Å². The fourth-order valence-corrected chi connectivity index (χ4v) is 1.53. The Morgan fingerprint density at radius 3 is 2.21 bits per heavy atom. The highest BCUT2D eigenvalue weighted by Gasteiger charge is 2.36. The molecule has 0 saturated heterocycles. The van der Waals surface area contributed by atoms with Crippen molar-refractivity contribution >= 4 is 11.7 Å². The number of rotatable bonds is 9. The third-order valence-electron chi connectivity index (χ3n) is 2.60. The van der Waals surface area contributed by atoms with Crippen molar-refractivity contribution in [2.24, 2.45) is 0 Å². The van der Waals surface area contributed by atoms with E-state index < -0.39 is 18.4 Å². The average molecular weight is 282 g/mol. The van der Waals surface area contributed by atoms with Gasteiger partial charge in [0.2, 0.25) is 11.7 Å². The molecule has 1 amide bonds. The van der Waals surface area contributed by atoms with Crippen LogP contribution in [-0.4, -0.2) is 49.4 Å². The highest BCUT2D eigenvalue weighted by Crippen LogP contribution is 2.19. The van der Waals surface area contributed by atoms with Crippen LogP contribution in [0.3, 0.4) is 0 Å². The van der Waals surface area contributed by atoms with Crippen LogP contribution in [0.5, 0.6) is 0 Å². The molecular formula is C12H21F3N2O2. The van der Waals surface area contributed by atoms with Crippen LogP contribution in [0.2, 0.25) is 0 Å². The van der Waals surface area contributed by atoms with Gasteiger partial charge in [0.05, 0.1) is 0 Å². The second-order valence-electron chi connectivity index (χ2n) is 4.52. The Bertz CT molecular complexity index is 293. The maximum atomic E-state index is 11.9. The molecule has 4 nitrogen and oxygen atoms in total. The van der Waals surface area contributed by atoms with Gasteiger partial charge in [-0.25, -0.2) is 0 Å². The number of nitrogens with zero attached hydrogens (tertiary/aromatic N) is 1. The predicted octanol–water partition coefficient (Wildman–Crippen LogP) is 1.75. The maximum absolute atomic E-state index is 11.9. The van der Waals surface area contributed by atoms with E-state index in [1.165, 1.54) is 6.92 Å². The molecule has 0 atom stereocenters. The van der Waals surface area contributed by atoms with Gasteiger partial charge in [-0.2, -0.15) is 13.2 Å². The second kappa shape index (κ2) is 8.90. The Morgan fingerprint density at radius 2 is 1.68 bits per heavy atom. The van der Waals surface area contributed by atoms with Gasteiger partial charge in [0, 0.05) is 19.9 Å². The van der Waals surface area contributed by atoms with Crippen LogP contribution in [0.15, 0.2) is 0 Å². The van der Waals surface area contributed by atoms with E-state index in [1.54, 1.807) is 0 Å². The molecule has 0 fully saturated rings. The van der Waals surface area contributed by atoms with E-state index >= 15 is 0 Å². The third-order valence-corrected chi connectivity index (χ3v) is 2.60. The Kier molecular flexibility index (Phi) is 8.38. The fourth-order valence-electron chi connectivity index (χ4n) is 1.53. The summed E-state index contributed by atoms with van der Waals surface area (Å²) in [5, 5.41) is 2.66. The minimum Gasteiger partial charge on any atom is -0.356 e. The highest BCUT2D eigenvalue weighted by molar-refractivity contribution is 5.83. The monoisotopic (exact) mass is 282 g/mol. The van der Waals surface area contributed by atoms with Crippen LogP contribution in [0.4, 0.5) is 13.2 Å². The zero-order valence-electron chi connectivity index (χ0n) is 11.3. The number of unbranched alkanes of at least 4 members (excludes halogenated alkanes) is 1. The number of ketones is 1. The lowest BCUT2D eigenvalue weighted by Crippen LogP contribution is -2.27. The van der Waals surface area contributed by atoms with E-state index in [0.29, 0.717) is 19.5 Å². The first-order valence-corrected chi connectivity index (χ1v) is 6.26. The summed E-state index contributed by atoms with van der Waals surface area (Å²) in [6.45, 7) is 3.44. The molecule has 0 spiro atoms. The zero-order valence-corrected chi connectivity index (χ0v) is 11.3. The summed E-state index contributed by atoms with van der Waals surface area (Å²) in [5.74, 6) is -1.73. The normalized spacial score (nSPS) is 11.7. The number of halogens is 3. The van der Waals surface area contributed by atoms with Crippen molar-refractivity contribution in [2.45, 2.75) is 38.8 Å². The van der Waals surface area contributed by atoms with Gasteiger partial charge in [0.15, 0.2) is 0 Å². The molecule has 0 radical (unpaired) electrons. The van der Waals surface area contributed by atoms with Crippen molar-refractivity contribution < 1.29 is 22.8 Å². The van der Waals surface area contributed by atoms with Gasteiger partial charge in [-0.15, -0.1) is 0 Å². The van der Waals surface area contributed by atoms with Crippen molar-refractivity contribution in [1.82, 2.24) is 10.2 Å². The smallest absolute Gasteiger partial charge is 0.356 e. The molecule has 0 heterocycles. The second-order valence-corrected chi connectivity index (χ2v) is 4.52. The molecule has 19 heavy (non-hydrogen) atoms. The quantitative estimate of drug-likeness (QED) is 0.655. The summed E-state index contributed by atoms with van der Waals surface area (Å²) >= 11 is 0. The van der Waals surface area contributed by atoms with E-state index in [4.69, 9.17) is 0 Å². The molecule has 0 aliphatic heterocycles. The van der Waals surface area contributed by atoms with Crippen molar-refractivity contribution in [1.29, 1.82) is 0 Å². The molecule has 112 valence electrons. The Morgan fingerprint density at radius 1 is 1.11 bits per heavy atom. The Labute approximate surface area is 111 Å². The summed E-state index contributed by atoms with van der Waals surface area (Å²) in [7, 11) is 1.86. The first-order valence-electron chi connectivity index (χ1n) is 6.26. The fraction of sp³-hybridized carbons (Fsp3) is 0.833. The van der Waals surface area contributed by atoms with E-state index in [-0.39, 0.29) is 12.3 Å². The summed E-state index contributed by atoms with van der Waals surface area (Å²) in [6.07, 6.45) is -3.56. The molecule has 0 aliphatic carbocycles. The number of amides is 1. The molecule has 1 N–H and O–H groups in total. The maximum Gasteiger partial charge on any atom is 0.449 e. The molecule has 0 aliphatic rings. The number of carbonyl (C=O) groups is 2.